The molecule has 0 aliphatic rings. The molecule has 1 aromatic rings. The molecule has 0 unspecified atom stereocenters. The van der Waals surface area contributed by atoms with Gasteiger partial charge in [0.25, 0.3) is 5.91 Å². The number of unbranched alkanes of at least 4 members (excludes halogenated alkanes) is 4. The van der Waals surface area contributed by atoms with Crippen LogP contribution in [0.25, 0.3) is 0 Å². The molecule has 0 aliphatic carbocycles. The average molecular weight is 482 g/mol. The Morgan fingerprint density at radius 1 is 1.31 bits per heavy atom. The predicted octanol–water partition coefficient (Wildman–Crippen LogP) is 6.40. The van der Waals surface area contributed by atoms with E-state index in [2.05, 4.69) is 16.9 Å². The zero-order valence-corrected chi connectivity index (χ0v) is 20.0. The molecule has 0 aromatic carbocycles. The minimum atomic E-state index is -0.820. The Morgan fingerprint density at radius 3 is 2.62 bits per heavy atom. The SMILES string of the molecule is C=C[C@](O)(CCCCCC=C(Cl)Cl)CCCC[C@@H](Cl)Cc1nc(C(=O)NC)cs1. The third-order valence-corrected chi connectivity index (χ3v) is 6.33. The Hall–Kier alpha value is -0.590. The molecule has 1 amide bonds. The molecule has 0 saturated heterocycles. The fraction of sp³-hybridized carbons (Fsp3) is 0.619. The number of thiazole rings is 1. The van der Waals surface area contributed by atoms with Crippen molar-refractivity contribution in [2.45, 2.75) is 75.2 Å². The molecule has 29 heavy (non-hydrogen) atoms. The van der Waals surface area contributed by atoms with E-state index in [4.69, 9.17) is 34.8 Å². The lowest BCUT2D eigenvalue weighted by molar-refractivity contribution is 0.0667. The molecule has 0 spiro atoms. The van der Waals surface area contributed by atoms with Gasteiger partial charge < -0.3 is 10.4 Å². The number of nitrogens with one attached hydrogen (secondary N) is 1. The summed E-state index contributed by atoms with van der Waals surface area (Å²) in [6.07, 6.45) is 12.0. The van der Waals surface area contributed by atoms with Crippen LogP contribution < -0.4 is 5.32 Å². The quantitative estimate of drug-likeness (QED) is 0.173. The van der Waals surface area contributed by atoms with Crippen LogP contribution in [0.3, 0.4) is 0 Å². The summed E-state index contributed by atoms with van der Waals surface area (Å²) in [6.45, 7) is 3.80. The average Bonchev–Trinajstić information content (AvgIpc) is 3.15. The first-order valence-electron chi connectivity index (χ1n) is 9.97. The molecule has 1 rings (SSSR count). The fourth-order valence-corrected chi connectivity index (χ4v) is 4.48. The van der Waals surface area contributed by atoms with E-state index >= 15 is 0 Å². The smallest absolute Gasteiger partial charge is 0.270 e. The lowest BCUT2D eigenvalue weighted by atomic mass is 9.90. The van der Waals surface area contributed by atoms with Crippen LogP contribution in [0.5, 0.6) is 0 Å². The number of halogens is 3. The minimum absolute atomic E-state index is 0.0303. The summed E-state index contributed by atoms with van der Waals surface area (Å²) in [4.78, 5) is 15.9. The molecule has 0 aliphatic heterocycles. The summed E-state index contributed by atoms with van der Waals surface area (Å²) < 4.78 is 0.312. The number of carbonyl (C=O) groups is 1. The second-order valence-corrected chi connectivity index (χ2v) is 9.72. The number of aromatic nitrogens is 1. The minimum Gasteiger partial charge on any atom is -0.386 e. The monoisotopic (exact) mass is 480 g/mol. The molecule has 1 aromatic heterocycles. The Bertz CT molecular complexity index is 662. The lowest BCUT2D eigenvalue weighted by Crippen LogP contribution is -2.25. The molecule has 8 heteroatoms. The van der Waals surface area contributed by atoms with Crippen molar-refractivity contribution >= 4 is 52.0 Å². The normalized spacial score (nSPS) is 14.1. The second kappa shape index (κ2) is 14.4. The molecule has 1 heterocycles. The zero-order chi connectivity index (χ0) is 21.7. The van der Waals surface area contributed by atoms with Crippen LogP contribution in [-0.4, -0.2) is 34.0 Å². The van der Waals surface area contributed by atoms with Crippen LogP contribution in [0, 0.1) is 0 Å². The molecule has 0 fully saturated rings. The lowest BCUT2D eigenvalue weighted by Gasteiger charge is -2.24. The van der Waals surface area contributed by atoms with Gasteiger partial charge in [0.2, 0.25) is 0 Å². The van der Waals surface area contributed by atoms with Crippen LogP contribution in [-0.2, 0) is 6.42 Å². The second-order valence-electron chi connectivity index (χ2n) is 7.15. The summed E-state index contributed by atoms with van der Waals surface area (Å²) in [5.41, 5.74) is -0.381. The number of carbonyl (C=O) groups excluding carboxylic acids is 1. The van der Waals surface area contributed by atoms with Gasteiger partial charge in [-0.3, -0.25) is 4.79 Å². The van der Waals surface area contributed by atoms with E-state index in [0.717, 1.165) is 50.0 Å². The van der Waals surface area contributed by atoms with Crippen molar-refractivity contribution in [2.75, 3.05) is 7.05 Å². The predicted molar refractivity (Wildman–Crippen MR) is 125 cm³/mol. The van der Waals surface area contributed by atoms with Crippen molar-refractivity contribution < 1.29 is 9.90 Å². The van der Waals surface area contributed by atoms with E-state index in [1.54, 1.807) is 24.6 Å². The van der Waals surface area contributed by atoms with Gasteiger partial charge in [-0.2, -0.15) is 0 Å². The summed E-state index contributed by atoms with van der Waals surface area (Å²) in [7, 11) is 1.59. The first kappa shape index (κ1) is 26.4. The van der Waals surface area contributed by atoms with Crippen molar-refractivity contribution in [1.82, 2.24) is 10.3 Å². The van der Waals surface area contributed by atoms with Gasteiger partial charge in [0.15, 0.2) is 0 Å². The molecule has 0 bridgehead atoms. The van der Waals surface area contributed by atoms with E-state index in [0.29, 0.717) is 29.4 Å². The Kier molecular flexibility index (Phi) is 13.2. The molecular formula is C21H31Cl3N2O2S. The first-order chi connectivity index (χ1) is 13.8. The highest BCUT2D eigenvalue weighted by Crippen LogP contribution is 2.25. The van der Waals surface area contributed by atoms with Crippen LogP contribution in [0.15, 0.2) is 28.6 Å². The summed E-state index contributed by atoms with van der Waals surface area (Å²) in [5, 5.41) is 15.9. The van der Waals surface area contributed by atoms with Crippen molar-refractivity contribution in [1.29, 1.82) is 0 Å². The van der Waals surface area contributed by atoms with Crippen molar-refractivity contribution in [2.24, 2.45) is 0 Å². The number of hydrogen-bond donors (Lipinski definition) is 2. The molecule has 4 nitrogen and oxygen atoms in total. The Balaban J connectivity index is 2.24. The number of alkyl halides is 1. The van der Waals surface area contributed by atoms with Gasteiger partial charge in [0, 0.05) is 24.2 Å². The third kappa shape index (κ3) is 11.4. The van der Waals surface area contributed by atoms with E-state index in [1.807, 2.05) is 0 Å². The van der Waals surface area contributed by atoms with E-state index in [-0.39, 0.29) is 11.3 Å². The zero-order valence-electron chi connectivity index (χ0n) is 16.9. The Morgan fingerprint density at radius 2 is 2.00 bits per heavy atom. The maximum atomic E-state index is 11.6. The number of amides is 1. The maximum Gasteiger partial charge on any atom is 0.270 e. The molecule has 2 N–H and O–H groups in total. The molecular weight excluding hydrogens is 451 g/mol. The highest BCUT2D eigenvalue weighted by atomic mass is 35.5. The van der Waals surface area contributed by atoms with Crippen molar-refractivity contribution in [3.63, 3.8) is 0 Å². The summed E-state index contributed by atoms with van der Waals surface area (Å²) in [6, 6.07) is 0. The highest BCUT2D eigenvalue weighted by molar-refractivity contribution is 7.09. The molecule has 164 valence electrons. The van der Waals surface area contributed by atoms with Gasteiger partial charge in [0.05, 0.1) is 10.6 Å². The molecule has 0 saturated carbocycles. The van der Waals surface area contributed by atoms with E-state index in [1.165, 1.54) is 11.3 Å². The Labute approximate surface area is 193 Å². The number of aliphatic hydroxyl groups is 1. The largest absolute Gasteiger partial charge is 0.386 e. The van der Waals surface area contributed by atoms with Crippen LogP contribution >= 0.6 is 46.1 Å². The number of allylic oxidation sites excluding steroid dienone is 1. The number of nitrogens with zero attached hydrogens (tertiary/aromatic N) is 1. The molecule has 2 atom stereocenters. The summed E-state index contributed by atoms with van der Waals surface area (Å²) >= 11 is 19.1. The fourth-order valence-electron chi connectivity index (χ4n) is 3.02. The molecule has 0 radical (unpaired) electrons. The van der Waals surface area contributed by atoms with Crippen LogP contribution in [0.1, 0.15) is 73.3 Å². The van der Waals surface area contributed by atoms with Gasteiger partial charge >= 0.3 is 0 Å². The van der Waals surface area contributed by atoms with Crippen LogP contribution in [0.2, 0.25) is 0 Å². The van der Waals surface area contributed by atoms with Gasteiger partial charge in [-0.05, 0) is 32.1 Å². The third-order valence-electron chi connectivity index (χ3n) is 4.78. The topological polar surface area (TPSA) is 62.2 Å². The number of rotatable bonds is 15. The first-order valence-corrected chi connectivity index (χ1v) is 12.0. The van der Waals surface area contributed by atoms with Crippen molar-refractivity contribution in [3.05, 3.63) is 39.3 Å². The van der Waals surface area contributed by atoms with Gasteiger partial charge in [-0.1, -0.05) is 61.0 Å². The standard InChI is InChI=1S/C21H31Cl3N2O2S/c1-3-21(28,12-8-5-4-6-11-18(23)24)13-9-7-10-16(22)14-19-26-17(15-29-19)20(27)25-2/h3,11,15-16,28H,1,4-10,12-14H2,2H3,(H,25,27)/t16-,21+/m1/s1. The highest BCUT2D eigenvalue weighted by Gasteiger charge is 2.22. The van der Waals surface area contributed by atoms with Crippen molar-refractivity contribution in [3.8, 4) is 0 Å². The summed E-state index contributed by atoms with van der Waals surface area (Å²) in [5.74, 6) is -0.179. The van der Waals surface area contributed by atoms with Gasteiger partial charge in [-0.15, -0.1) is 29.5 Å². The van der Waals surface area contributed by atoms with E-state index in [9.17, 15) is 9.90 Å². The van der Waals surface area contributed by atoms with Crippen LogP contribution in [0.4, 0.5) is 0 Å². The van der Waals surface area contributed by atoms with Gasteiger partial charge in [0.1, 0.15) is 10.2 Å². The number of hydrogen-bond acceptors (Lipinski definition) is 4. The maximum absolute atomic E-state index is 11.6. The van der Waals surface area contributed by atoms with E-state index < -0.39 is 5.60 Å². The van der Waals surface area contributed by atoms with Gasteiger partial charge in [-0.25, -0.2) is 4.98 Å².